The molecule has 2 N–H and O–H groups in total. The summed E-state index contributed by atoms with van der Waals surface area (Å²) in [5.41, 5.74) is 5.21. The Bertz CT molecular complexity index is 227. The molecule has 4 nitrogen and oxygen atoms in total. The third-order valence-corrected chi connectivity index (χ3v) is 2.70. The molecular weight excluding hydrogens is 182 g/mol. The topological polar surface area (TPSA) is 69.4 Å². The summed E-state index contributed by atoms with van der Waals surface area (Å²) >= 11 is 0. The van der Waals surface area contributed by atoms with Gasteiger partial charge in [0.2, 0.25) is 5.91 Å². The fraction of sp³-hybridized carbons (Fsp3) is 0.800. The number of amides is 1. The maximum Gasteiger partial charge on any atom is 0.308 e. The number of rotatable bonds is 3. The van der Waals surface area contributed by atoms with Crippen LogP contribution < -0.4 is 5.73 Å². The van der Waals surface area contributed by atoms with Crippen molar-refractivity contribution in [3.63, 3.8) is 0 Å². The maximum absolute atomic E-state index is 11.4. The Hall–Kier alpha value is -1.06. The van der Waals surface area contributed by atoms with Gasteiger partial charge in [0, 0.05) is 5.92 Å². The van der Waals surface area contributed by atoms with Crippen molar-refractivity contribution < 1.29 is 14.3 Å². The molecule has 1 aliphatic rings. The average molecular weight is 199 g/mol. The van der Waals surface area contributed by atoms with Crippen LogP contribution in [0.15, 0.2) is 0 Å². The van der Waals surface area contributed by atoms with Gasteiger partial charge in [-0.25, -0.2) is 0 Å². The van der Waals surface area contributed by atoms with E-state index in [1.165, 1.54) is 0 Å². The summed E-state index contributed by atoms with van der Waals surface area (Å²) in [6, 6.07) is 0. The standard InChI is InChI=1S/C10H17NO3/c1-2-14-10(13)8-5-3-4-7(6-8)9(11)12/h7-8H,2-6H2,1H3,(H2,11,12)/t7-,8+/m0/s1. The van der Waals surface area contributed by atoms with E-state index in [0.717, 1.165) is 19.3 Å². The van der Waals surface area contributed by atoms with Crippen LogP contribution in [0.3, 0.4) is 0 Å². The van der Waals surface area contributed by atoms with E-state index in [4.69, 9.17) is 10.5 Å². The van der Waals surface area contributed by atoms with E-state index in [2.05, 4.69) is 0 Å². The highest BCUT2D eigenvalue weighted by molar-refractivity contribution is 5.79. The van der Waals surface area contributed by atoms with Crippen LogP contribution in [0.2, 0.25) is 0 Å². The van der Waals surface area contributed by atoms with Crippen molar-refractivity contribution in [3.05, 3.63) is 0 Å². The smallest absolute Gasteiger partial charge is 0.308 e. The largest absolute Gasteiger partial charge is 0.466 e. The molecule has 2 atom stereocenters. The van der Waals surface area contributed by atoms with E-state index in [-0.39, 0.29) is 23.7 Å². The highest BCUT2D eigenvalue weighted by Gasteiger charge is 2.30. The molecular formula is C10H17NO3. The molecule has 0 aliphatic heterocycles. The number of primary amides is 1. The third-order valence-electron chi connectivity index (χ3n) is 2.70. The second kappa shape index (κ2) is 4.98. The Morgan fingerprint density at radius 1 is 1.36 bits per heavy atom. The molecule has 14 heavy (non-hydrogen) atoms. The van der Waals surface area contributed by atoms with Crippen molar-refractivity contribution in [2.24, 2.45) is 17.6 Å². The number of esters is 1. The number of hydrogen-bond acceptors (Lipinski definition) is 3. The van der Waals surface area contributed by atoms with Gasteiger partial charge in [-0.15, -0.1) is 0 Å². The molecule has 0 aromatic heterocycles. The first-order valence-electron chi connectivity index (χ1n) is 5.11. The molecule has 0 spiro atoms. The van der Waals surface area contributed by atoms with E-state index in [9.17, 15) is 9.59 Å². The van der Waals surface area contributed by atoms with Gasteiger partial charge in [-0.3, -0.25) is 9.59 Å². The van der Waals surface area contributed by atoms with Gasteiger partial charge in [0.25, 0.3) is 0 Å². The first-order chi connectivity index (χ1) is 6.65. The zero-order chi connectivity index (χ0) is 10.6. The van der Waals surface area contributed by atoms with Crippen molar-refractivity contribution in [3.8, 4) is 0 Å². The molecule has 1 amide bonds. The zero-order valence-electron chi connectivity index (χ0n) is 8.49. The van der Waals surface area contributed by atoms with E-state index >= 15 is 0 Å². The van der Waals surface area contributed by atoms with Crippen LogP contribution in [0.5, 0.6) is 0 Å². The van der Waals surface area contributed by atoms with Crippen molar-refractivity contribution in [2.75, 3.05) is 6.61 Å². The number of ether oxygens (including phenoxy) is 1. The molecule has 0 radical (unpaired) electrons. The van der Waals surface area contributed by atoms with Gasteiger partial charge in [0.05, 0.1) is 12.5 Å². The normalized spacial score (nSPS) is 26.9. The van der Waals surface area contributed by atoms with Gasteiger partial charge >= 0.3 is 5.97 Å². The fourth-order valence-electron chi connectivity index (χ4n) is 1.92. The summed E-state index contributed by atoms with van der Waals surface area (Å²) < 4.78 is 4.92. The van der Waals surface area contributed by atoms with Crippen LogP contribution in [0, 0.1) is 11.8 Å². The minimum absolute atomic E-state index is 0.124. The molecule has 1 fully saturated rings. The first kappa shape index (κ1) is 11.0. The second-order valence-electron chi connectivity index (χ2n) is 3.71. The second-order valence-corrected chi connectivity index (χ2v) is 3.71. The van der Waals surface area contributed by atoms with Crippen LogP contribution in [-0.2, 0) is 14.3 Å². The van der Waals surface area contributed by atoms with Gasteiger partial charge in [-0.2, -0.15) is 0 Å². The van der Waals surface area contributed by atoms with Crippen LogP contribution >= 0.6 is 0 Å². The Balaban J connectivity index is 2.47. The molecule has 0 aromatic carbocycles. The van der Waals surface area contributed by atoms with Crippen LogP contribution in [0.1, 0.15) is 32.6 Å². The summed E-state index contributed by atoms with van der Waals surface area (Å²) in [5, 5.41) is 0. The summed E-state index contributed by atoms with van der Waals surface area (Å²) in [6.45, 7) is 2.18. The summed E-state index contributed by atoms with van der Waals surface area (Å²) in [7, 11) is 0. The molecule has 1 rings (SSSR count). The van der Waals surface area contributed by atoms with E-state index in [1.54, 1.807) is 6.92 Å². The Morgan fingerprint density at radius 2 is 2.00 bits per heavy atom. The minimum atomic E-state index is -0.293. The molecule has 0 heterocycles. The summed E-state index contributed by atoms with van der Waals surface area (Å²) in [4.78, 5) is 22.3. The van der Waals surface area contributed by atoms with Gasteiger partial charge in [0.15, 0.2) is 0 Å². The lowest BCUT2D eigenvalue weighted by Crippen LogP contribution is -2.32. The average Bonchev–Trinajstić information content (AvgIpc) is 2.18. The fourth-order valence-corrected chi connectivity index (χ4v) is 1.92. The molecule has 0 bridgehead atoms. The number of nitrogens with two attached hydrogens (primary N) is 1. The van der Waals surface area contributed by atoms with Crippen molar-refractivity contribution >= 4 is 11.9 Å². The van der Waals surface area contributed by atoms with E-state index < -0.39 is 0 Å². The highest BCUT2D eigenvalue weighted by Crippen LogP contribution is 2.29. The lowest BCUT2D eigenvalue weighted by atomic mass is 9.81. The molecule has 4 heteroatoms. The monoisotopic (exact) mass is 199 g/mol. The van der Waals surface area contributed by atoms with Crippen molar-refractivity contribution in [2.45, 2.75) is 32.6 Å². The molecule has 1 aliphatic carbocycles. The number of carbonyl (C=O) groups excluding carboxylic acids is 2. The van der Waals surface area contributed by atoms with Crippen LogP contribution in [0.4, 0.5) is 0 Å². The minimum Gasteiger partial charge on any atom is -0.466 e. The predicted molar refractivity (Wildman–Crippen MR) is 51.3 cm³/mol. The van der Waals surface area contributed by atoms with Gasteiger partial charge in [-0.1, -0.05) is 6.42 Å². The quantitative estimate of drug-likeness (QED) is 0.685. The van der Waals surface area contributed by atoms with Crippen LogP contribution in [-0.4, -0.2) is 18.5 Å². The summed E-state index contributed by atoms with van der Waals surface area (Å²) in [6.07, 6.45) is 3.08. The van der Waals surface area contributed by atoms with Gasteiger partial charge < -0.3 is 10.5 Å². The Labute approximate surface area is 83.8 Å². The number of carbonyl (C=O) groups is 2. The summed E-state index contributed by atoms with van der Waals surface area (Å²) in [5.74, 6) is -0.739. The maximum atomic E-state index is 11.4. The van der Waals surface area contributed by atoms with Gasteiger partial charge in [0.1, 0.15) is 0 Å². The first-order valence-corrected chi connectivity index (χ1v) is 5.11. The Morgan fingerprint density at radius 3 is 2.57 bits per heavy atom. The molecule has 1 saturated carbocycles. The molecule has 0 aromatic rings. The van der Waals surface area contributed by atoms with Gasteiger partial charge in [-0.05, 0) is 26.2 Å². The van der Waals surface area contributed by atoms with E-state index in [0.29, 0.717) is 13.0 Å². The SMILES string of the molecule is CCOC(=O)[C@@H]1CCC[C@H](C(N)=O)C1. The molecule has 0 unspecified atom stereocenters. The molecule has 0 saturated heterocycles. The van der Waals surface area contributed by atoms with E-state index in [1.807, 2.05) is 0 Å². The Kier molecular flexibility index (Phi) is 3.92. The zero-order valence-corrected chi connectivity index (χ0v) is 8.49. The predicted octanol–water partition coefficient (Wildman–Crippen LogP) is 0.841. The lowest BCUT2D eigenvalue weighted by molar-refractivity contribution is -0.150. The molecule has 80 valence electrons. The highest BCUT2D eigenvalue weighted by atomic mass is 16.5. The third kappa shape index (κ3) is 2.72. The number of hydrogen-bond donors (Lipinski definition) is 1. The van der Waals surface area contributed by atoms with Crippen molar-refractivity contribution in [1.29, 1.82) is 0 Å². The van der Waals surface area contributed by atoms with Crippen LogP contribution in [0.25, 0.3) is 0 Å². The lowest BCUT2D eigenvalue weighted by Gasteiger charge is -2.25. The van der Waals surface area contributed by atoms with Crippen molar-refractivity contribution in [1.82, 2.24) is 0 Å².